The lowest BCUT2D eigenvalue weighted by molar-refractivity contribution is 0.0916. The average molecular weight is 230 g/mol. The summed E-state index contributed by atoms with van der Waals surface area (Å²) in [5, 5.41) is 2.65. The monoisotopic (exact) mass is 229 g/mol. The maximum atomic E-state index is 13.2. The molecule has 82 valence electrons. The standard InChI is InChI=1S/C11H13ClFNO/c1-11(2,7-12)14-10(15)8-5-3-4-6-9(8)13/h3-6H,7H2,1-2H3,(H,14,15). The van der Waals surface area contributed by atoms with Gasteiger partial charge in [0.05, 0.1) is 5.56 Å². The van der Waals surface area contributed by atoms with Crippen LogP contribution in [0.1, 0.15) is 24.2 Å². The Balaban J connectivity index is 2.83. The third kappa shape index (κ3) is 3.20. The lowest BCUT2D eigenvalue weighted by atomic mass is 10.1. The smallest absolute Gasteiger partial charge is 0.254 e. The first-order valence-electron chi connectivity index (χ1n) is 4.59. The Hall–Kier alpha value is -1.09. The molecule has 0 saturated carbocycles. The van der Waals surface area contributed by atoms with Crippen molar-refractivity contribution < 1.29 is 9.18 Å². The van der Waals surface area contributed by atoms with Gasteiger partial charge in [0.15, 0.2) is 0 Å². The van der Waals surface area contributed by atoms with Crippen LogP contribution < -0.4 is 5.32 Å². The van der Waals surface area contributed by atoms with Gasteiger partial charge in [0.25, 0.3) is 5.91 Å². The number of hydrogen-bond donors (Lipinski definition) is 1. The Morgan fingerprint density at radius 1 is 1.47 bits per heavy atom. The molecule has 15 heavy (non-hydrogen) atoms. The van der Waals surface area contributed by atoms with E-state index in [4.69, 9.17) is 11.6 Å². The first kappa shape index (κ1) is 12.0. The zero-order valence-corrected chi connectivity index (χ0v) is 9.44. The van der Waals surface area contributed by atoms with Crippen molar-refractivity contribution in [3.05, 3.63) is 35.6 Å². The van der Waals surface area contributed by atoms with Gasteiger partial charge in [-0.25, -0.2) is 4.39 Å². The van der Waals surface area contributed by atoms with Crippen LogP contribution in [0.2, 0.25) is 0 Å². The molecule has 1 rings (SSSR count). The van der Waals surface area contributed by atoms with E-state index in [9.17, 15) is 9.18 Å². The summed E-state index contributed by atoms with van der Waals surface area (Å²) in [6, 6.07) is 5.85. The van der Waals surface area contributed by atoms with Crippen molar-refractivity contribution in [2.24, 2.45) is 0 Å². The maximum absolute atomic E-state index is 13.2. The minimum absolute atomic E-state index is 0.0377. The molecular formula is C11H13ClFNO. The fraction of sp³-hybridized carbons (Fsp3) is 0.364. The number of amides is 1. The summed E-state index contributed by atoms with van der Waals surface area (Å²) in [5.41, 5.74) is -0.503. The first-order valence-corrected chi connectivity index (χ1v) is 5.13. The molecule has 1 aromatic rings. The van der Waals surface area contributed by atoms with Crippen LogP contribution in [0.15, 0.2) is 24.3 Å². The molecule has 0 aliphatic carbocycles. The molecule has 0 heterocycles. The van der Waals surface area contributed by atoms with Gasteiger partial charge >= 0.3 is 0 Å². The highest BCUT2D eigenvalue weighted by Gasteiger charge is 2.21. The molecule has 1 aromatic carbocycles. The summed E-state index contributed by atoms with van der Waals surface area (Å²) in [6.07, 6.45) is 0. The van der Waals surface area contributed by atoms with E-state index in [1.54, 1.807) is 26.0 Å². The lowest BCUT2D eigenvalue weighted by Crippen LogP contribution is -2.45. The molecule has 0 unspecified atom stereocenters. The van der Waals surface area contributed by atoms with Crippen LogP contribution in [-0.2, 0) is 0 Å². The highest BCUT2D eigenvalue weighted by molar-refractivity contribution is 6.18. The number of nitrogens with one attached hydrogen (secondary N) is 1. The number of carbonyl (C=O) groups is 1. The maximum Gasteiger partial charge on any atom is 0.254 e. The van der Waals surface area contributed by atoms with Crippen molar-refractivity contribution >= 4 is 17.5 Å². The van der Waals surface area contributed by atoms with E-state index in [0.29, 0.717) is 0 Å². The summed E-state index contributed by atoms with van der Waals surface area (Å²) in [6.45, 7) is 3.55. The van der Waals surface area contributed by atoms with Gasteiger partial charge in [0, 0.05) is 11.4 Å². The Kier molecular flexibility index (Phi) is 3.69. The van der Waals surface area contributed by atoms with Crippen LogP contribution in [0, 0.1) is 5.82 Å². The van der Waals surface area contributed by atoms with Crippen molar-refractivity contribution in [3.8, 4) is 0 Å². The molecule has 4 heteroatoms. The first-order chi connectivity index (χ1) is 6.96. The molecule has 2 nitrogen and oxygen atoms in total. The Labute approximate surface area is 93.4 Å². The Morgan fingerprint density at radius 3 is 2.60 bits per heavy atom. The number of halogens is 2. The second kappa shape index (κ2) is 4.62. The number of alkyl halides is 1. The quantitative estimate of drug-likeness (QED) is 0.793. The SMILES string of the molecule is CC(C)(CCl)NC(=O)c1ccccc1F. The minimum atomic E-state index is -0.541. The second-order valence-corrected chi connectivity index (χ2v) is 4.22. The third-order valence-electron chi connectivity index (χ3n) is 1.90. The van der Waals surface area contributed by atoms with Gasteiger partial charge < -0.3 is 5.32 Å². The molecule has 0 saturated heterocycles. The van der Waals surface area contributed by atoms with Crippen molar-refractivity contribution in [1.82, 2.24) is 5.32 Å². The second-order valence-electron chi connectivity index (χ2n) is 3.95. The average Bonchev–Trinajstić information content (AvgIpc) is 2.17. The number of benzene rings is 1. The van der Waals surface area contributed by atoms with Crippen molar-refractivity contribution in [1.29, 1.82) is 0 Å². The van der Waals surface area contributed by atoms with Gasteiger partial charge in [-0.2, -0.15) is 0 Å². The third-order valence-corrected chi connectivity index (χ3v) is 2.57. The van der Waals surface area contributed by atoms with Crippen LogP contribution in [0.25, 0.3) is 0 Å². The molecule has 0 aliphatic heterocycles. The summed E-state index contributed by atoms with van der Waals surface area (Å²) in [7, 11) is 0. The topological polar surface area (TPSA) is 29.1 Å². The normalized spacial score (nSPS) is 11.2. The van der Waals surface area contributed by atoms with E-state index >= 15 is 0 Å². The number of carbonyl (C=O) groups excluding carboxylic acids is 1. The van der Waals surface area contributed by atoms with Gasteiger partial charge in [0.2, 0.25) is 0 Å². The van der Waals surface area contributed by atoms with E-state index in [2.05, 4.69) is 5.32 Å². The molecule has 1 N–H and O–H groups in total. The molecule has 0 bridgehead atoms. The fourth-order valence-corrected chi connectivity index (χ4v) is 1.12. The van der Waals surface area contributed by atoms with Gasteiger partial charge in [-0.3, -0.25) is 4.79 Å². The predicted molar refractivity (Wildman–Crippen MR) is 58.7 cm³/mol. The molecule has 0 fully saturated rings. The molecule has 0 aliphatic rings. The Morgan fingerprint density at radius 2 is 2.07 bits per heavy atom. The molecule has 0 radical (unpaired) electrons. The van der Waals surface area contributed by atoms with E-state index in [1.807, 2.05) is 0 Å². The molecule has 0 aromatic heterocycles. The van der Waals surface area contributed by atoms with E-state index < -0.39 is 17.3 Å². The van der Waals surface area contributed by atoms with Crippen LogP contribution in [0.4, 0.5) is 4.39 Å². The van der Waals surface area contributed by atoms with Crippen LogP contribution in [0.3, 0.4) is 0 Å². The fourth-order valence-electron chi connectivity index (χ4n) is 1.05. The molecule has 1 amide bonds. The van der Waals surface area contributed by atoms with Gasteiger partial charge in [-0.05, 0) is 26.0 Å². The molecule has 0 atom stereocenters. The van der Waals surface area contributed by atoms with E-state index in [1.165, 1.54) is 12.1 Å². The molecule has 0 spiro atoms. The summed E-state index contributed by atoms with van der Waals surface area (Å²) in [4.78, 5) is 11.6. The summed E-state index contributed by atoms with van der Waals surface area (Å²) < 4.78 is 13.2. The molecular weight excluding hydrogens is 217 g/mol. The van der Waals surface area contributed by atoms with Crippen molar-refractivity contribution in [2.45, 2.75) is 19.4 Å². The zero-order valence-electron chi connectivity index (χ0n) is 8.68. The van der Waals surface area contributed by atoms with Gasteiger partial charge in [-0.15, -0.1) is 11.6 Å². The van der Waals surface area contributed by atoms with Crippen molar-refractivity contribution in [2.75, 3.05) is 5.88 Å². The predicted octanol–water partition coefficient (Wildman–Crippen LogP) is 2.57. The highest BCUT2D eigenvalue weighted by atomic mass is 35.5. The highest BCUT2D eigenvalue weighted by Crippen LogP contribution is 2.10. The summed E-state index contributed by atoms with van der Waals surface area (Å²) >= 11 is 5.66. The minimum Gasteiger partial charge on any atom is -0.346 e. The Bertz CT molecular complexity index is 365. The lowest BCUT2D eigenvalue weighted by Gasteiger charge is -2.23. The van der Waals surface area contributed by atoms with Gasteiger partial charge in [0.1, 0.15) is 5.82 Å². The summed E-state index contributed by atoms with van der Waals surface area (Å²) in [5.74, 6) is -0.702. The van der Waals surface area contributed by atoms with Crippen LogP contribution in [-0.4, -0.2) is 17.3 Å². The van der Waals surface area contributed by atoms with Crippen LogP contribution in [0.5, 0.6) is 0 Å². The number of rotatable bonds is 3. The number of hydrogen-bond acceptors (Lipinski definition) is 1. The van der Waals surface area contributed by atoms with E-state index in [-0.39, 0.29) is 11.4 Å². The van der Waals surface area contributed by atoms with E-state index in [0.717, 1.165) is 0 Å². The van der Waals surface area contributed by atoms with Crippen molar-refractivity contribution in [3.63, 3.8) is 0 Å². The van der Waals surface area contributed by atoms with Gasteiger partial charge in [-0.1, -0.05) is 12.1 Å². The van der Waals surface area contributed by atoms with Crippen LogP contribution >= 0.6 is 11.6 Å². The largest absolute Gasteiger partial charge is 0.346 e. The zero-order chi connectivity index (χ0) is 11.5.